The van der Waals surface area contributed by atoms with Gasteiger partial charge in [0.25, 0.3) is 0 Å². The Morgan fingerprint density at radius 3 is 3.11 bits per heavy atom. The van der Waals surface area contributed by atoms with Crippen LogP contribution in [0, 0.1) is 0 Å². The molecule has 1 atom stereocenters. The van der Waals surface area contributed by atoms with Gasteiger partial charge >= 0.3 is 0 Å². The van der Waals surface area contributed by atoms with Crippen LogP contribution in [-0.4, -0.2) is 69.2 Å². The van der Waals surface area contributed by atoms with Crippen molar-refractivity contribution in [2.24, 2.45) is 5.73 Å². The molecule has 1 saturated heterocycles. The lowest BCUT2D eigenvalue weighted by molar-refractivity contribution is -0.0265. The average molecular weight is 286 g/mol. The third kappa shape index (κ3) is 4.13. The summed E-state index contributed by atoms with van der Waals surface area (Å²) in [4.78, 5) is 2.44. The second kappa shape index (κ2) is 7.18. The molecule has 1 aromatic rings. The van der Waals surface area contributed by atoms with Crippen LogP contribution in [0.5, 0.6) is 0 Å². The van der Waals surface area contributed by atoms with E-state index in [0.29, 0.717) is 19.1 Å². The van der Waals surface area contributed by atoms with E-state index in [9.17, 15) is 0 Å². The molecule has 0 saturated carbocycles. The maximum atomic E-state index is 5.79. The van der Waals surface area contributed by atoms with E-state index in [1.54, 1.807) is 16.4 Å². The Hall–Kier alpha value is -0.700. The normalized spacial score (nSPS) is 21.2. The molecule has 19 heavy (non-hydrogen) atoms. The van der Waals surface area contributed by atoms with Gasteiger partial charge in [0.15, 0.2) is 0 Å². The van der Waals surface area contributed by atoms with E-state index in [1.807, 2.05) is 0 Å². The Morgan fingerprint density at radius 2 is 2.37 bits per heavy atom. The van der Waals surface area contributed by atoms with E-state index in [1.165, 1.54) is 0 Å². The van der Waals surface area contributed by atoms with E-state index >= 15 is 0 Å². The third-order valence-electron chi connectivity index (χ3n) is 3.14. The first-order valence-electron chi connectivity index (χ1n) is 6.65. The molecule has 108 valence electrons. The minimum atomic E-state index is 0.240. The number of rotatable bonds is 6. The molecule has 1 aliphatic rings. The molecule has 0 bridgehead atoms. The van der Waals surface area contributed by atoms with Crippen LogP contribution >= 0.6 is 11.8 Å². The molecule has 0 amide bonds. The third-order valence-corrected chi connectivity index (χ3v) is 4.23. The summed E-state index contributed by atoms with van der Waals surface area (Å²) in [5.74, 6) is 0.869. The average Bonchev–Trinajstić information content (AvgIpc) is 2.85. The van der Waals surface area contributed by atoms with E-state index < -0.39 is 0 Å². The van der Waals surface area contributed by atoms with Crippen molar-refractivity contribution in [3.8, 4) is 0 Å². The van der Waals surface area contributed by atoms with Gasteiger partial charge in [-0.15, -0.1) is 5.10 Å². The quantitative estimate of drug-likeness (QED) is 0.727. The van der Waals surface area contributed by atoms with Gasteiger partial charge in [-0.25, -0.2) is 4.68 Å². The molecule has 2 rings (SSSR count). The van der Waals surface area contributed by atoms with Crippen LogP contribution in [-0.2, 0) is 11.3 Å². The summed E-state index contributed by atoms with van der Waals surface area (Å²) in [6.45, 7) is 8.43. The monoisotopic (exact) mass is 286 g/mol. The molecule has 0 aliphatic carbocycles. The fourth-order valence-electron chi connectivity index (χ4n) is 2.04. The van der Waals surface area contributed by atoms with Crippen molar-refractivity contribution in [3.05, 3.63) is 0 Å². The van der Waals surface area contributed by atoms with Crippen LogP contribution in [0.3, 0.4) is 0 Å². The van der Waals surface area contributed by atoms with Gasteiger partial charge in [-0.1, -0.05) is 11.8 Å². The Balaban J connectivity index is 1.82. The van der Waals surface area contributed by atoms with Gasteiger partial charge in [0, 0.05) is 31.4 Å². The summed E-state index contributed by atoms with van der Waals surface area (Å²) >= 11 is 1.63. The van der Waals surface area contributed by atoms with Crippen molar-refractivity contribution in [2.75, 3.05) is 32.0 Å². The van der Waals surface area contributed by atoms with Crippen LogP contribution < -0.4 is 5.73 Å². The maximum absolute atomic E-state index is 5.79. The molecular weight excluding hydrogens is 264 g/mol. The second-order valence-electron chi connectivity index (χ2n) is 4.87. The highest BCUT2D eigenvalue weighted by Crippen LogP contribution is 2.19. The van der Waals surface area contributed by atoms with E-state index in [4.69, 9.17) is 10.5 Å². The van der Waals surface area contributed by atoms with Crippen molar-refractivity contribution >= 4 is 11.8 Å². The number of aromatic nitrogens is 4. The molecule has 0 radical (unpaired) electrons. The predicted octanol–water partition coefficient (Wildman–Crippen LogP) is -0.167. The Bertz CT molecular complexity index is 385. The largest absolute Gasteiger partial charge is 0.375 e. The van der Waals surface area contributed by atoms with Gasteiger partial charge in [0.05, 0.1) is 19.3 Å². The number of hydrogen-bond acceptors (Lipinski definition) is 7. The molecule has 7 nitrogen and oxygen atoms in total. The molecule has 1 aromatic heterocycles. The Labute approximate surface area is 117 Å². The molecule has 1 aliphatic heterocycles. The minimum absolute atomic E-state index is 0.240. The number of tetrazole rings is 1. The lowest BCUT2D eigenvalue weighted by Crippen LogP contribution is -2.46. The zero-order chi connectivity index (χ0) is 13.7. The van der Waals surface area contributed by atoms with Crippen molar-refractivity contribution in [2.45, 2.75) is 37.7 Å². The van der Waals surface area contributed by atoms with Crippen LogP contribution in [0.2, 0.25) is 0 Å². The summed E-state index contributed by atoms with van der Waals surface area (Å²) in [6.07, 6.45) is 0.240. The second-order valence-corrected chi connectivity index (χ2v) is 5.85. The van der Waals surface area contributed by atoms with E-state index in [2.05, 4.69) is 34.3 Å². The molecular formula is C11H22N6OS. The molecule has 2 heterocycles. The first-order chi connectivity index (χ1) is 9.20. The van der Waals surface area contributed by atoms with Gasteiger partial charge in [-0.05, 0) is 24.3 Å². The lowest BCUT2D eigenvalue weighted by Gasteiger charge is -2.35. The van der Waals surface area contributed by atoms with Gasteiger partial charge in [-0.2, -0.15) is 0 Å². The van der Waals surface area contributed by atoms with E-state index in [-0.39, 0.29) is 6.10 Å². The zero-order valence-electron chi connectivity index (χ0n) is 11.5. The summed E-state index contributed by atoms with van der Waals surface area (Å²) in [7, 11) is 0. The number of nitrogens with zero attached hydrogens (tertiary/aromatic N) is 5. The van der Waals surface area contributed by atoms with Gasteiger partial charge in [-0.3, -0.25) is 4.90 Å². The fraction of sp³-hybridized carbons (Fsp3) is 0.909. The minimum Gasteiger partial charge on any atom is -0.375 e. The highest BCUT2D eigenvalue weighted by Gasteiger charge is 2.23. The van der Waals surface area contributed by atoms with Crippen molar-refractivity contribution in [1.29, 1.82) is 0 Å². The lowest BCUT2D eigenvalue weighted by atomic mass is 10.2. The molecule has 1 fully saturated rings. The number of ether oxygens (including phenoxy) is 1. The SMILES string of the molecule is CC(C)N1CCOC(CSc2nnnn2CCN)C1. The van der Waals surface area contributed by atoms with E-state index in [0.717, 1.165) is 30.6 Å². The maximum Gasteiger partial charge on any atom is 0.209 e. The van der Waals surface area contributed by atoms with Gasteiger partial charge in [0.2, 0.25) is 5.16 Å². The highest BCUT2D eigenvalue weighted by molar-refractivity contribution is 7.99. The van der Waals surface area contributed by atoms with Crippen LogP contribution in [0.1, 0.15) is 13.8 Å². The smallest absolute Gasteiger partial charge is 0.209 e. The van der Waals surface area contributed by atoms with Crippen LogP contribution in [0.15, 0.2) is 5.16 Å². The predicted molar refractivity (Wildman–Crippen MR) is 74.0 cm³/mol. The molecule has 0 aromatic carbocycles. The summed E-state index contributed by atoms with van der Waals surface area (Å²) < 4.78 is 7.54. The Morgan fingerprint density at radius 1 is 1.53 bits per heavy atom. The zero-order valence-corrected chi connectivity index (χ0v) is 12.3. The molecule has 0 spiro atoms. The topological polar surface area (TPSA) is 82.1 Å². The molecule has 2 N–H and O–H groups in total. The van der Waals surface area contributed by atoms with Crippen LogP contribution in [0.4, 0.5) is 0 Å². The molecule has 8 heteroatoms. The highest BCUT2D eigenvalue weighted by atomic mass is 32.2. The number of morpholine rings is 1. The number of hydrogen-bond donors (Lipinski definition) is 1. The van der Waals surface area contributed by atoms with Crippen LogP contribution in [0.25, 0.3) is 0 Å². The van der Waals surface area contributed by atoms with Crippen molar-refractivity contribution < 1.29 is 4.74 Å². The van der Waals surface area contributed by atoms with Gasteiger partial charge < -0.3 is 10.5 Å². The van der Waals surface area contributed by atoms with Gasteiger partial charge in [0.1, 0.15) is 0 Å². The number of thioether (sulfide) groups is 1. The van der Waals surface area contributed by atoms with Crippen molar-refractivity contribution in [1.82, 2.24) is 25.1 Å². The number of nitrogens with two attached hydrogens (primary N) is 1. The summed E-state index contributed by atoms with van der Waals surface area (Å²) in [6, 6.07) is 0.568. The Kier molecular flexibility index (Phi) is 5.56. The first-order valence-corrected chi connectivity index (χ1v) is 7.64. The first kappa shape index (κ1) is 14.7. The fourth-order valence-corrected chi connectivity index (χ4v) is 2.95. The standard InChI is InChI=1S/C11H22N6OS/c1-9(2)16-5-6-18-10(7-16)8-19-11-13-14-15-17(11)4-3-12/h9-10H,3-8,12H2,1-2H3. The van der Waals surface area contributed by atoms with Crippen molar-refractivity contribution in [3.63, 3.8) is 0 Å². The molecule has 1 unspecified atom stereocenters. The summed E-state index contributed by atoms with van der Waals surface area (Å²) in [5, 5.41) is 12.4. The summed E-state index contributed by atoms with van der Waals surface area (Å²) in [5.41, 5.74) is 5.52.